The molecule has 1 aromatic carbocycles. The summed E-state index contributed by atoms with van der Waals surface area (Å²) in [6, 6.07) is 7.78. The summed E-state index contributed by atoms with van der Waals surface area (Å²) in [4.78, 5) is 18.2. The summed E-state index contributed by atoms with van der Waals surface area (Å²) in [5.41, 5.74) is 1.92. The van der Waals surface area contributed by atoms with Crippen molar-refractivity contribution in [1.82, 2.24) is 9.97 Å². The van der Waals surface area contributed by atoms with E-state index in [0.717, 1.165) is 5.56 Å². The quantitative estimate of drug-likeness (QED) is 0.853. The lowest BCUT2D eigenvalue weighted by atomic mass is 10.0. The van der Waals surface area contributed by atoms with Crippen LogP contribution in [0.1, 0.15) is 30.9 Å². The number of aromatic amines is 1. The molecular formula is C14H16N2O2. The minimum atomic E-state index is -0.314. The van der Waals surface area contributed by atoms with E-state index in [1.807, 2.05) is 24.3 Å². The van der Waals surface area contributed by atoms with Gasteiger partial charge >= 0.3 is 0 Å². The number of benzene rings is 1. The zero-order valence-electron chi connectivity index (χ0n) is 10.7. The van der Waals surface area contributed by atoms with Crippen LogP contribution in [-0.2, 0) is 0 Å². The number of hydrogen-bond donors (Lipinski definition) is 2. The van der Waals surface area contributed by atoms with Gasteiger partial charge in [0.15, 0.2) is 0 Å². The van der Waals surface area contributed by atoms with Gasteiger partial charge in [0.25, 0.3) is 5.56 Å². The summed E-state index contributed by atoms with van der Waals surface area (Å²) in [6.45, 7) is 5.77. The van der Waals surface area contributed by atoms with Crippen molar-refractivity contribution in [2.24, 2.45) is 0 Å². The molecule has 94 valence electrons. The fraction of sp³-hybridized carbons (Fsp3) is 0.286. The second-order valence-electron chi connectivity index (χ2n) is 4.64. The Morgan fingerprint density at radius 1 is 1.22 bits per heavy atom. The van der Waals surface area contributed by atoms with Gasteiger partial charge in [-0.25, -0.2) is 0 Å². The molecule has 0 amide bonds. The van der Waals surface area contributed by atoms with E-state index in [0.29, 0.717) is 11.7 Å². The summed E-state index contributed by atoms with van der Waals surface area (Å²) >= 11 is 0. The first-order valence-corrected chi connectivity index (χ1v) is 5.89. The molecule has 0 saturated carbocycles. The highest BCUT2D eigenvalue weighted by molar-refractivity contribution is 5.56. The fourth-order valence-electron chi connectivity index (χ4n) is 1.68. The Morgan fingerprint density at radius 3 is 2.33 bits per heavy atom. The molecule has 0 spiro atoms. The van der Waals surface area contributed by atoms with Gasteiger partial charge in [-0.05, 0) is 18.4 Å². The monoisotopic (exact) mass is 244 g/mol. The third kappa shape index (κ3) is 2.27. The lowest BCUT2D eigenvalue weighted by Crippen LogP contribution is -2.12. The minimum Gasteiger partial charge on any atom is -0.493 e. The van der Waals surface area contributed by atoms with Crippen molar-refractivity contribution in [3.05, 3.63) is 45.7 Å². The maximum atomic E-state index is 11.6. The molecule has 2 aromatic rings. The Hall–Kier alpha value is -2.10. The molecule has 0 aliphatic carbocycles. The molecule has 0 bridgehead atoms. The van der Waals surface area contributed by atoms with E-state index in [9.17, 15) is 9.90 Å². The summed E-state index contributed by atoms with van der Waals surface area (Å²) in [5, 5.41) is 9.55. The number of aromatic hydroxyl groups is 1. The van der Waals surface area contributed by atoms with Gasteiger partial charge < -0.3 is 10.1 Å². The van der Waals surface area contributed by atoms with Crippen molar-refractivity contribution >= 4 is 0 Å². The van der Waals surface area contributed by atoms with Crippen LogP contribution in [0.3, 0.4) is 0 Å². The molecule has 18 heavy (non-hydrogen) atoms. The molecule has 0 unspecified atom stereocenters. The van der Waals surface area contributed by atoms with Gasteiger partial charge in [0.1, 0.15) is 5.82 Å². The van der Waals surface area contributed by atoms with E-state index in [1.54, 1.807) is 0 Å². The Morgan fingerprint density at radius 2 is 1.83 bits per heavy atom. The molecule has 4 heteroatoms. The normalized spacial score (nSPS) is 10.9. The van der Waals surface area contributed by atoms with Gasteiger partial charge in [0.05, 0.1) is 5.56 Å². The van der Waals surface area contributed by atoms with Crippen molar-refractivity contribution in [1.29, 1.82) is 0 Å². The van der Waals surface area contributed by atoms with Crippen molar-refractivity contribution in [2.75, 3.05) is 0 Å². The average Bonchev–Trinajstić information content (AvgIpc) is 2.35. The van der Waals surface area contributed by atoms with Crippen LogP contribution in [0.25, 0.3) is 11.4 Å². The average molecular weight is 244 g/mol. The van der Waals surface area contributed by atoms with Gasteiger partial charge in [0, 0.05) is 5.56 Å². The smallest absolute Gasteiger partial charge is 0.257 e. The maximum Gasteiger partial charge on any atom is 0.257 e. The highest BCUT2D eigenvalue weighted by atomic mass is 16.3. The third-order valence-electron chi connectivity index (χ3n) is 2.98. The van der Waals surface area contributed by atoms with Crippen molar-refractivity contribution in [3.8, 4) is 17.3 Å². The number of nitrogens with zero attached hydrogens (tertiary/aromatic N) is 1. The van der Waals surface area contributed by atoms with Crippen molar-refractivity contribution < 1.29 is 5.11 Å². The molecule has 2 N–H and O–H groups in total. The fourth-order valence-corrected chi connectivity index (χ4v) is 1.68. The van der Waals surface area contributed by atoms with Crippen LogP contribution in [0.4, 0.5) is 0 Å². The summed E-state index contributed by atoms with van der Waals surface area (Å²) in [6.07, 6.45) is 0. The van der Waals surface area contributed by atoms with Gasteiger partial charge in [-0.1, -0.05) is 38.1 Å². The Kier molecular flexibility index (Phi) is 3.19. The molecule has 2 rings (SSSR count). The topological polar surface area (TPSA) is 66.0 Å². The van der Waals surface area contributed by atoms with Crippen LogP contribution in [0, 0.1) is 6.92 Å². The first kappa shape index (κ1) is 12.4. The number of H-pyrrole nitrogens is 1. The van der Waals surface area contributed by atoms with Crippen LogP contribution in [0.2, 0.25) is 0 Å². The first-order valence-electron chi connectivity index (χ1n) is 5.89. The van der Waals surface area contributed by atoms with E-state index >= 15 is 0 Å². The highest BCUT2D eigenvalue weighted by Crippen LogP contribution is 2.20. The lowest BCUT2D eigenvalue weighted by molar-refractivity contribution is 0.447. The molecule has 1 heterocycles. The van der Waals surface area contributed by atoms with Crippen molar-refractivity contribution in [2.45, 2.75) is 26.7 Å². The van der Waals surface area contributed by atoms with E-state index < -0.39 is 0 Å². The maximum absolute atomic E-state index is 11.6. The van der Waals surface area contributed by atoms with Crippen LogP contribution >= 0.6 is 0 Å². The molecule has 0 aliphatic heterocycles. The standard InChI is InChI=1S/C14H16N2O2/c1-8(2)10-4-6-11(7-5-10)12-15-13(17)9(3)14(18)16-12/h4-8H,1-3H3,(H2,15,16,17,18). The largest absolute Gasteiger partial charge is 0.493 e. The van der Waals surface area contributed by atoms with Crippen LogP contribution < -0.4 is 5.56 Å². The van der Waals surface area contributed by atoms with E-state index in [1.165, 1.54) is 12.5 Å². The Balaban J connectivity index is 2.46. The van der Waals surface area contributed by atoms with E-state index in [4.69, 9.17) is 0 Å². The third-order valence-corrected chi connectivity index (χ3v) is 2.98. The molecule has 0 atom stereocenters. The first-order chi connectivity index (χ1) is 8.49. The molecule has 0 saturated heterocycles. The Bertz CT molecular complexity index is 613. The minimum absolute atomic E-state index is 0.221. The zero-order chi connectivity index (χ0) is 13.3. The predicted octanol–water partition coefficient (Wildman–Crippen LogP) is 2.57. The summed E-state index contributed by atoms with van der Waals surface area (Å²) in [7, 11) is 0. The summed E-state index contributed by atoms with van der Waals surface area (Å²) < 4.78 is 0. The molecule has 0 fully saturated rings. The predicted molar refractivity (Wildman–Crippen MR) is 70.8 cm³/mol. The second-order valence-corrected chi connectivity index (χ2v) is 4.64. The van der Waals surface area contributed by atoms with E-state index in [2.05, 4.69) is 23.8 Å². The van der Waals surface area contributed by atoms with Crippen LogP contribution in [0.15, 0.2) is 29.1 Å². The SMILES string of the molecule is Cc1c(O)nc(-c2ccc(C(C)C)cc2)[nH]c1=O. The van der Waals surface area contributed by atoms with Gasteiger partial charge in [-0.3, -0.25) is 4.79 Å². The molecular weight excluding hydrogens is 228 g/mol. The summed E-state index contributed by atoms with van der Waals surface area (Å²) in [5.74, 6) is 0.623. The van der Waals surface area contributed by atoms with Gasteiger partial charge in [-0.15, -0.1) is 0 Å². The highest BCUT2D eigenvalue weighted by Gasteiger charge is 2.08. The van der Waals surface area contributed by atoms with Crippen LogP contribution in [0.5, 0.6) is 5.88 Å². The Labute approximate surface area is 105 Å². The van der Waals surface area contributed by atoms with Crippen LogP contribution in [-0.4, -0.2) is 15.1 Å². The van der Waals surface area contributed by atoms with Gasteiger partial charge in [0.2, 0.25) is 5.88 Å². The zero-order valence-corrected chi connectivity index (χ0v) is 10.7. The molecule has 1 aromatic heterocycles. The molecule has 0 aliphatic rings. The number of hydrogen-bond acceptors (Lipinski definition) is 3. The lowest BCUT2D eigenvalue weighted by Gasteiger charge is -2.07. The molecule has 4 nitrogen and oxygen atoms in total. The number of aromatic nitrogens is 2. The number of nitrogens with one attached hydrogen (secondary N) is 1. The number of rotatable bonds is 2. The van der Waals surface area contributed by atoms with E-state index in [-0.39, 0.29) is 17.0 Å². The van der Waals surface area contributed by atoms with Crippen molar-refractivity contribution in [3.63, 3.8) is 0 Å². The second kappa shape index (κ2) is 4.64. The molecule has 0 radical (unpaired) electrons. The van der Waals surface area contributed by atoms with Gasteiger partial charge in [-0.2, -0.15) is 4.98 Å².